The zero-order valence-electron chi connectivity index (χ0n) is 13.5. The van der Waals surface area contributed by atoms with Gasteiger partial charge in [-0.2, -0.15) is 0 Å². The highest BCUT2D eigenvalue weighted by Crippen LogP contribution is 1.93. The molecule has 0 saturated heterocycles. The fourth-order valence-electron chi connectivity index (χ4n) is 1.56. The molecule has 0 radical (unpaired) electrons. The average molecular weight is 294 g/mol. The van der Waals surface area contributed by atoms with Crippen LogP contribution in [0.25, 0.3) is 0 Å². The zero-order chi connectivity index (χ0) is 15.4. The fraction of sp³-hybridized carbons (Fsp3) is 1.00. The zero-order valence-corrected chi connectivity index (χ0v) is 13.5. The highest BCUT2D eigenvalue weighted by atomic mass is 16.5. The van der Waals surface area contributed by atoms with Gasteiger partial charge in [-0.05, 0) is 27.7 Å². The van der Waals surface area contributed by atoms with E-state index in [4.69, 9.17) is 19.3 Å². The highest BCUT2D eigenvalue weighted by Gasteiger charge is 2.08. The summed E-state index contributed by atoms with van der Waals surface area (Å²) in [6, 6.07) is 0.661. The highest BCUT2D eigenvalue weighted by molar-refractivity contribution is 4.49. The van der Waals surface area contributed by atoms with Crippen molar-refractivity contribution < 1.29 is 30.4 Å². The van der Waals surface area contributed by atoms with Crippen molar-refractivity contribution >= 4 is 0 Å². The van der Waals surface area contributed by atoms with Gasteiger partial charge in [0, 0.05) is 0 Å². The average Bonchev–Trinajstić information content (AvgIpc) is 2.35. The first-order valence-electron chi connectivity index (χ1n) is 7.53. The van der Waals surface area contributed by atoms with E-state index in [-0.39, 0.29) is 12.2 Å². The first kappa shape index (κ1) is 19.8. The summed E-state index contributed by atoms with van der Waals surface area (Å²) in [5.74, 6) is 0. The standard InChI is InChI=1S/C14H32N2O4/c1-11(15)8-19-10-14(4)20-6-5-18-9-12(2)16-7-13(3)17/h11-14,16-17H,5-10,15H2,1-4H3/p+2. The van der Waals surface area contributed by atoms with E-state index >= 15 is 0 Å². The van der Waals surface area contributed by atoms with Crippen molar-refractivity contribution in [2.24, 2.45) is 0 Å². The predicted octanol–water partition coefficient (Wildman–Crippen LogP) is -1.61. The molecule has 4 atom stereocenters. The van der Waals surface area contributed by atoms with E-state index in [2.05, 4.69) is 18.0 Å². The van der Waals surface area contributed by atoms with Gasteiger partial charge in [-0.15, -0.1) is 0 Å². The molecule has 0 spiro atoms. The van der Waals surface area contributed by atoms with Crippen molar-refractivity contribution in [3.8, 4) is 0 Å². The molecule has 0 bridgehead atoms. The Hall–Kier alpha value is -0.240. The number of ether oxygens (including phenoxy) is 3. The maximum absolute atomic E-state index is 9.17. The lowest BCUT2D eigenvalue weighted by Gasteiger charge is -2.15. The maximum atomic E-state index is 9.17. The Morgan fingerprint density at radius 3 is 2.30 bits per heavy atom. The molecule has 6 nitrogen and oxygen atoms in total. The lowest BCUT2D eigenvalue weighted by molar-refractivity contribution is -0.692. The lowest BCUT2D eigenvalue weighted by Crippen LogP contribution is -2.91. The van der Waals surface area contributed by atoms with Crippen LogP contribution in [0.15, 0.2) is 0 Å². The molecule has 0 aliphatic rings. The van der Waals surface area contributed by atoms with Gasteiger partial charge in [0.25, 0.3) is 0 Å². The molecule has 0 aromatic carbocycles. The van der Waals surface area contributed by atoms with Crippen molar-refractivity contribution in [2.75, 3.05) is 39.6 Å². The molecule has 6 heteroatoms. The number of hydrogen-bond acceptors (Lipinski definition) is 4. The van der Waals surface area contributed by atoms with Crippen LogP contribution in [0.4, 0.5) is 0 Å². The second-order valence-corrected chi connectivity index (χ2v) is 5.70. The van der Waals surface area contributed by atoms with Crippen molar-refractivity contribution in [1.29, 1.82) is 0 Å². The summed E-state index contributed by atoms with van der Waals surface area (Å²) in [7, 11) is 0. The van der Waals surface area contributed by atoms with Crippen LogP contribution in [-0.4, -0.2) is 69.0 Å². The summed E-state index contributed by atoms with van der Waals surface area (Å²) >= 11 is 0. The second-order valence-electron chi connectivity index (χ2n) is 5.70. The van der Waals surface area contributed by atoms with Gasteiger partial charge in [0.15, 0.2) is 0 Å². The maximum Gasteiger partial charge on any atom is 0.107 e. The molecule has 20 heavy (non-hydrogen) atoms. The van der Waals surface area contributed by atoms with Gasteiger partial charge in [-0.1, -0.05) is 0 Å². The van der Waals surface area contributed by atoms with Crippen LogP contribution < -0.4 is 11.1 Å². The number of rotatable bonds is 13. The molecule has 0 fully saturated rings. The smallest absolute Gasteiger partial charge is 0.107 e. The Labute approximate surface area is 123 Å². The first-order chi connectivity index (χ1) is 9.41. The molecule has 0 heterocycles. The van der Waals surface area contributed by atoms with E-state index in [1.54, 1.807) is 6.92 Å². The van der Waals surface area contributed by atoms with E-state index in [0.717, 1.165) is 0 Å². The van der Waals surface area contributed by atoms with Gasteiger partial charge in [0.1, 0.15) is 18.6 Å². The number of quaternary nitrogens is 2. The summed E-state index contributed by atoms with van der Waals surface area (Å²) < 4.78 is 16.6. The van der Waals surface area contributed by atoms with Crippen LogP contribution in [0.2, 0.25) is 0 Å². The van der Waals surface area contributed by atoms with Gasteiger partial charge < -0.3 is 30.4 Å². The molecular formula is C14H34N2O4+2. The summed E-state index contributed by atoms with van der Waals surface area (Å²) in [6.07, 6.45) is -0.195. The number of aliphatic hydroxyl groups is 1. The second kappa shape index (κ2) is 12.5. The van der Waals surface area contributed by atoms with Crippen LogP contribution in [0.1, 0.15) is 27.7 Å². The predicted molar refractivity (Wildman–Crippen MR) is 77.3 cm³/mol. The molecule has 0 rings (SSSR count). The van der Waals surface area contributed by atoms with E-state index in [9.17, 15) is 0 Å². The van der Waals surface area contributed by atoms with Crippen molar-refractivity contribution in [3.63, 3.8) is 0 Å². The fourth-order valence-corrected chi connectivity index (χ4v) is 1.56. The minimum atomic E-state index is -0.275. The lowest BCUT2D eigenvalue weighted by atomic mass is 10.3. The Bertz CT molecular complexity index is 215. The number of hydrogen-bond donors (Lipinski definition) is 3. The molecule has 0 aliphatic heterocycles. The molecule has 0 aliphatic carbocycles. The molecule has 0 aromatic heterocycles. The van der Waals surface area contributed by atoms with Gasteiger partial charge in [0.05, 0.1) is 45.2 Å². The van der Waals surface area contributed by atoms with Crippen LogP contribution in [0.3, 0.4) is 0 Å². The molecule has 0 aromatic rings. The minimum Gasteiger partial charge on any atom is -0.388 e. The molecule has 4 unspecified atom stereocenters. The summed E-state index contributed by atoms with van der Waals surface area (Å²) in [5.41, 5.74) is 3.86. The van der Waals surface area contributed by atoms with Crippen LogP contribution in [-0.2, 0) is 14.2 Å². The third kappa shape index (κ3) is 14.2. The molecule has 6 N–H and O–H groups in total. The molecule has 0 amide bonds. The van der Waals surface area contributed by atoms with E-state index in [1.807, 2.05) is 13.8 Å². The van der Waals surface area contributed by atoms with Crippen LogP contribution >= 0.6 is 0 Å². The summed E-state index contributed by atoms with van der Waals surface area (Å²) in [4.78, 5) is 0. The quantitative estimate of drug-likeness (QED) is 0.356. The van der Waals surface area contributed by atoms with E-state index in [1.165, 1.54) is 0 Å². The van der Waals surface area contributed by atoms with Crippen LogP contribution in [0, 0.1) is 0 Å². The Kier molecular flexibility index (Phi) is 12.3. The van der Waals surface area contributed by atoms with Crippen molar-refractivity contribution in [3.05, 3.63) is 0 Å². The largest absolute Gasteiger partial charge is 0.388 e. The first-order valence-corrected chi connectivity index (χ1v) is 7.53. The number of aliphatic hydroxyl groups excluding tert-OH is 1. The summed E-state index contributed by atoms with van der Waals surface area (Å²) in [6.45, 7) is 11.7. The third-order valence-corrected chi connectivity index (χ3v) is 2.65. The van der Waals surface area contributed by atoms with Gasteiger partial charge >= 0.3 is 0 Å². The monoisotopic (exact) mass is 294 g/mol. The molecule has 122 valence electrons. The Balaban J connectivity index is 3.34. The molecular weight excluding hydrogens is 260 g/mol. The van der Waals surface area contributed by atoms with Crippen molar-refractivity contribution in [2.45, 2.75) is 52.0 Å². The van der Waals surface area contributed by atoms with Gasteiger partial charge in [0.2, 0.25) is 0 Å². The van der Waals surface area contributed by atoms with Gasteiger partial charge in [-0.3, -0.25) is 0 Å². The SMILES string of the molecule is CC([NH3+])COCC(C)OCCOCC(C)[NH2+]CC(C)O. The topological polar surface area (TPSA) is 92.2 Å². The Morgan fingerprint density at radius 1 is 1.00 bits per heavy atom. The summed E-state index contributed by atoms with van der Waals surface area (Å²) in [5, 5.41) is 11.3. The normalized spacial score (nSPS) is 17.7. The molecule has 0 saturated carbocycles. The van der Waals surface area contributed by atoms with Crippen molar-refractivity contribution in [1.82, 2.24) is 0 Å². The Morgan fingerprint density at radius 2 is 1.70 bits per heavy atom. The number of nitrogens with two attached hydrogens (primary N) is 1. The van der Waals surface area contributed by atoms with Gasteiger partial charge in [-0.25, -0.2) is 0 Å². The third-order valence-electron chi connectivity index (χ3n) is 2.65. The minimum absolute atomic E-state index is 0.0802. The van der Waals surface area contributed by atoms with E-state index in [0.29, 0.717) is 51.7 Å². The van der Waals surface area contributed by atoms with E-state index < -0.39 is 0 Å². The van der Waals surface area contributed by atoms with Crippen LogP contribution in [0.5, 0.6) is 0 Å².